The zero-order valence-corrected chi connectivity index (χ0v) is 34.8. The van der Waals surface area contributed by atoms with Crippen molar-refractivity contribution in [3.8, 4) is 0 Å². The summed E-state index contributed by atoms with van der Waals surface area (Å²) in [7, 11) is 0. The normalized spacial score (nSPS) is 10.8. The molecule has 0 amide bonds. The van der Waals surface area contributed by atoms with Crippen LogP contribution in [-0.4, -0.2) is 22.8 Å². The molecule has 0 aliphatic heterocycles. The lowest BCUT2D eigenvalue weighted by Gasteiger charge is -2.03. The monoisotopic (exact) mass is 697 g/mol. The van der Waals surface area contributed by atoms with E-state index in [4.69, 9.17) is 10.2 Å². The maximum atomic E-state index is 10.2. The standard InChI is InChI=1S/C18H38.C16H34O.C12H24O2/c1-3-5-7-9-11-13-15-17-18-16-14-12-10-8-6-4-2;1-2-3-4-5-6-7-8-9-10-11-12-13-14-15-16-17;1-2-3-4-5-6-7-8-9-10-11-12(13)14/h3-18H2,1-2H3;17H,2-16H2,1H3;2-11H2,1H3,(H,13,14). The fraction of sp³-hybridized carbons (Fsp3) is 0.978. The molecular weight excluding hydrogens is 601 g/mol. The van der Waals surface area contributed by atoms with Crippen molar-refractivity contribution in [3.05, 3.63) is 0 Å². The minimum absolute atomic E-state index is 0.343. The average Bonchev–Trinajstić information content (AvgIpc) is 3.10. The number of carbonyl (C=O) groups is 1. The number of rotatable bonds is 39. The van der Waals surface area contributed by atoms with Gasteiger partial charge in [0.2, 0.25) is 0 Å². The molecule has 0 saturated carbocycles. The molecule has 2 N–H and O–H groups in total. The summed E-state index contributed by atoms with van der Waals surface area (Å²) >= 11 is 0. The van der Waals surface area contributed by atoms with E-state index in [1.807, 2.05) is 0 Å². The predicted molar refractivity (Wildman–Crippen MR) is 222 cm³/mol. The molecule has 0 unspecified atom stereocenters. The van der Waals surface area contributed by atoms with Gasteiger partial charge >= 0.3 is 5.97 Å². The summed E-state index contributed by atoms with van der Waals surface area (Å²) in [5, 5.41) is 17.1. The maximum absolute atomic E-state index is 10.2. The van der Waals surface area contributed by atoms with Crippen LogP contribution in [0.1, 0.15) is 285 Å². The largest absolute Gasteiger partial charge is 0.481 e. The van der Waals surface area contributed by atoms with Crippen molar-refractivity contribution in [2.75, 3.05) is 6.61 Å². The van der Waals surface area contributed by atoms with Crippen LogP contribution in [0, 0.1) is 0 Å². The molecule has 0 aromatic heterocycles. The molecule has 0 rings (SSSR count). The molecule has 0 aromatic rings. The summed E-state index contributed by atoms with van der Waals surface area (Å²) in [5.74, 6) is -0.659. The Morgan fingerprint density at radius 2 is 0.449 bits per heavy atom. The van der Waals surface area contributed by atoms with Crippen LogP contribution in [0.4, 0.5) is 0 Å². The topological polar surface area (TPSA) is 57.5 Å². The van der Waals surface area contributed by atoms with E-state index in [1.54, 1.807) is 0 Å². The first kappa shape index (κ1) is 52.8. The van der Waals surface area contributed by atoms with Crippen molar-refractivity contribution >= 4 is 5.97 Å². The Bertz CT molecular complexity index is 504. The first-order valence-electron chi connectivity index (χ1n) is 22.9. The van der Waals surface area contributed by atoms with Gasteiger partial charge in [-0.25, -0.2) is 0 Å². The van der Waals surface area contributed by atoms with E-state index in [9.17, 15) is 4.79 Å². The molecule has 3 nitrogen and oxygen atoms in total. The van der Waals surface area contributed by atoms with Crippen molar-refractivity contribution in [1.29, 1.82) is 0 Å². The van der Waals surface area contributed by atoms with E-state index in [2.05, 4.69) is 27.7 Å². The third kappa shape index (κ3) is 63.0. The first-order chi connectivity index (χ1) is 24.1. The van der Waals surface area contributed by atoms with Gasteiger partial charge in [0, 0.05) is 13.0 Å². The molecule has 0 saturated heterocycles. The van der Waals surface area contributed by atoms with Crippen LogP contribution < -0.4 is 0 Å². The third-order valence-electron chi connectivity index (χ3n) is 9.96. The number of unbranched alkanes of at least 4 members (excludes halogenated alkanes) is 36. The van der Waals surface area contributed by atoms with Gasteiger partial charge in [0.1, 0.15) is 0 Å². The van der Waals surface area contributed by atoms with Gasteiger partial charge in [-0.15, -0.1) is 0 Å². The molecule has 0 aliphatic rings. The molecule has 49 heavy (non-hydrogen) atoms. The fourth-order valence-electron chi connectivity index (χ4n) is 6.51. The van der Waals surface area contributed by atoms with Crippen LogP contribution in [0.5, 0.6) is 0 Å². The maximum Gasteiger partial charge on any atom is 0.303 e. The van der Waals surface area contributed by atoms with E-state index < -0.39 is 5.97 Å². The second-order valence-corrected chi connectivity index (χ2v) is 15.2. The molecule has 298 valence electrons. The number of aliphatic hydroxyl groups excluding tert-OH is 1. The summed E-state index contributed by atoms with van der Waals surface area (Å²) < 4.78 is 0. The van der Waals surface area contributed by atoms with Gasteiger partial charge in [0.05, 0.1) is 0 Å². The number of aliphatic hydroxyl groups is 1. The van der Waals surface area contributed by atoms with Gasteiger partial charge in [0.25, 0.3) is 0 Å². The number of hydrogen-bond acceptors (Lipinski definition) is 2. The van der Waals surface area contributed by atoms with Crippen molar-refractivity contribution in [2.45, 2.75) is 285 Å². The zero-order chi connectivity index (χ0) is 36.6. The Morgan fingerprint density at radius 1 is 0.286 bits per heavy atom. The predicted octanol–water partition coefficient (Wildman–Crippen LogP) is 16.7. The second kappa shape index (κ2) is 54.2. The Kier molecular flexibility index (Phi) is 58.4. The minimum Gasteiger partial charge on any atom is -0.481 e. The molecular formula is C46H96O3. The van der Waals surface area contributed by atoms with Gasteiger partial charge in [-0.05, 0) is 12.8 Å². The van der Waals surface area contributed by atoms with E-state index in [-0.39, 0.29) is 0 Å². The van der Waals surface area contributed by atoms with Crippen LogP contribution in [0.3, 0.4) is 0 Å². The molecule has 0 spiro atoms. The highest BCUT2D eigenvalue weighted by atomic mass is 16.4. The lowest BCUT2D eigenvalue weighted by molar-refractivity contribution is -0.137. The molecule has 3 heteroatoms. The average molecular weight is 697 g/mol. The lowest BCUT2D eigenvalue weighted by atomic mass is 10.0. The van der Waals surface area contributed by atoms with E-state index in [0.717, 1.165) is 19.3 Å². The molecule has 0 atom stereocenters. The van der Waals surface area contributed by atoms with Crippen molar-refractivity contribution in [3.63, 3.8) is 0 Å². The van der Waals surface area contributed by atoms with Crippen molar-refractivity contribution < 1.29 is 15.0 Å². The Hall–Kier alpha value is -0.570. The van der Waals surface area contributed by atoms with Gasteiger partial charge in [-0.2, -0.15) is 0 Å². The van der Waals surface area contributed by atoms with Crippen LogP contribution >= 0.6 is 0 Å². The van der Waals surface area contributed by atoms with E-state index >= 15 is 0 Å². The molecule has 0 aliphatic carbocycles. The van der Waals surface area contributed by atoms with E-state index in [0.29, 0.717) is 13.0 Å². The summed E-state index contributed by atoms with van der Waals surface area (Å²) in [4.78, 5) is 10.2. The summed E-state index contributed by atoms with van der Waals surface area (Å²) in [6.45, 7) is 9.47. The molecule has 0 aromatic carbocycles. The summed E-state index contributed by atoms with van der Waals surface area (Å²) in [5.41, 5.74) is 0. The highest BCUT2D eigenvalue weighted by Gasteiger charge is 1.97. The quantitative estimate of drug-likeness (QED) is 0.0629. The first-order valence-corrected chi connectivity index (χ1v) is 22.9. The van der Waals surface area contributed by atoms with E-state index in [1.165, 1.54) is 231 Å². The molecule has 0 fully saturated rings. The smallest absolute Gasteiger partial charge is 0.303 e. The van der Waals surface area contributed by atoms with Crippen LogP contribution in [-0.2, 0) is 4.79 Å². The van der Waals surface area contributed by atoms with Crippen molar-refractivity contribution in [2.24, 2.45) is 0 Å². The molecule has 0 bridgehead atoms. The fourth-order valence-corrected chi connectivity index (χ4v) is 6.51. The number of hydrogen-bond donors (Lipinski definition) is 2. The second-order valence-electron chi connectivity index (χ2n) is 15.2. The van der Waals surface area contributed by atoms with Crippen molar-refractivity contribution in [1.82, 2.24) is 0 Å². The molecule has 0 heterocycles. The minimum atomic E-state index is -0.659. The third-order valence-corrected chi connectivity index (χ3v) is 9.96. The zero-order valence-electron chi connectivity index (χ0n) is 34.8. The number of carboxylic acid groups (broad SMARTS) is 1. The Labute approximate surface area is 311 Å². The van der Waals surface area contributed by atoms with Crippen LogP contribution in [0.2, 0.25) is 0 Å². The SMILES string of the molecule is CCCCCCCCCCCC(=O)O.CCCCCCCCCCCCCCCCCC.CCCCCCCCCCCCCCCCO. The Morgan fingerprint density at radius 3 is 0.612 bits per heavy atom. The van der Waals surface area contributed by atoms with Gasteiger partial charge in [-0.1, -0.05) is 265 Å². The highest BCUT2D eigenvalue weighted by Crippen LogP contribution is 2.15. The number of aliphatic carboxylic acids is 1. The van der Waals surface area contributed by atoms with Gasteiger partial charge in [-0.3, -0.25) is 4.79 Å². The molecule has 0 radical (unpaired) electrons. The summed E-state index contributed by atoms with van der Waals surface area (Å²) in [6.07, 6.45) is 54.1. The summed E-state index contributed by atoms with van der Waals surface area (Å²) in [6, 6.07) is 0. The van der Waals surface area contributed by atoms with Gasteiger partial charge < -0.3 is 10.2 Å². The Balaban J connectivity index is -0.000000653. The lowest BCUT2D eigenvalue weighted by Crippen LogP contribution is -1.93. The highest BCUT2D eigenvalue weighted by molar-refractivity contribution is 5.66. The van der Waals surface area contributed by atoms with Crippen LogP contribution in [0.25, 0.3) is 0 Å². The number of carboxylic acids is 1. The van der Waals surface area contributed by atoms with Gasteiger partial charge in [0.15, 0.2) is 0 Å². The van der Waals surface area contributed by atoms with Crippen LogP contribution in [0.15, 0.2) is 0 Å².